The van der Waals surface area contributed by atoms with Crippen LogP contribution in [0.15, 0.2) is 18.2 Å². The lowest BCUT2D eigenvalue weighted by Gasteiger charge is -2.19. The number of amides is 1. The van der Waals surface area contributed by atoms with Gasteiger partial charge < -0.3 is 15.4 Å². The second kappa shape index (κ2) is 4.04. The van der Waals surface area contributed by atoms with Crippen LogP contribution in [0.1, 0.15) is 19.4 Å². The Morgan fingerprint density at radius 3 is 2.76 bits per heavy atom. The van der Waals surface area contributed by atoms with Gasteiger partial charge in [0, 0.05) is 25.0 Å². The van der Waals surface area contributed by atoms with Crippen molar-refractivity contribution in [1.82, 2.24) is 0 Å². The fraction of sp³-hybridized carbons (Fsp3) is 0.462. The number of methoxy groups -OCH3 is 1. The Kier molecular flexibility index (Phi) is 2.83. The summed E-state index contributed by atoms with van der Waals surface area (Å²) in [6.07, 6.45) is 0. The van der Waals surface area contributed by atoms with Crippen molar-refractivity contribution < 1.29 is 9.53 Å². The third kappa shape index (κ3) is 1.78. The van der Waals surface area contributed by atoms with Crippen LogP contribution < -0.4 is 10.6 Å². The average molecular weight is 234 g/mol. The van der Waals surface area contributed by atoms with Crippen molar-refractivity contribution in [2.45, 2.75) is 19.3 Å². The minimum Gasteiger partial charge on any atom is -0.399 e. The Hall–Kier alpha value is -1.55. The molecule has 0 fully saturated rings. The van der Waals surface area contributed by atoms with Crippen LogP contribution in [0, 0.1) is 0 Å². The Morgan fingerprint density at radius 2 is 2.12 bits per heavy atom. The molecule has 0 spiro atoms. The zero-order valence-corrected chi connectivity index (χ0v) is 10.5. The number of rotatable bonds is 3. The van der Waals surface area contributed by atoms with Crippen molar-refractivity contribution in [3.8, 4) is 0 Å². The lowest BCUT2D eigenvalue weighted by atomic mass is 9.86. The number of carbonyl (C=O) groups excluding carboxylic acids is 1. The molecule has 0 saturated heterocycles. The van der Waals surface area contributed by atoms with Gasteiger partial charge in [0.05, 0.1) is 12.0 Å². The molecule has 1 heterocycles. The van der Waals surface area contributed by atoms with Crippen molar-refractivity contribution in [1.29, 1.82) is 0 Å². The molecule has 4 heteroatoms. The van der Waals surface area contributed by atoms with E-state index in [9.17, 15) is 4.79 Å². The van der Waals surface area contributed by atoms with Gasteiger partial charge in [0.15, 0.2) is 0 Å². The molecule has 0 bridgehead atoms. The maximum Gasteiger partial charge on any atom is 0.237 e. The van der Waals surface area contributed by atoms with E-state index in [0.717, 1.165) is 11.3 Å². The zero-order valence-electron chi connectivity index (χ0n) is 10.5. The molecular weight excluding hydrogens is 216 g/mol. The van der Waals surface area contributed by atoms with E-state index in [4.69, 9.17) is 10.5 Å². The highest BCUT2D eigenvalue weighted by atomic mass is 16.5. The maximum absolute atomic E-state index is 12.3. The predicted molar refractivity (Wildman–Crippen MR) is 68.1 cm³/mol. The summed E-state index contributed by atoms with van der Waals surface area (Å²) in [4.78, 5) is 14.1. The van der Waals surface area contributed by atoms with Gasteiger partial charge in [-0.15, -0.1) is 0 Å². The summed E-state index contributed by atoms with van der Waals surface area (Å²) in [6.45, 7) is 4.97. The van der Waals surface area contributed by atoms with Gasteiger partial charge in [0.1, 0.15) is 0 Å². The smallest absolute Gasteiger partial charge is 0.237 e. The van der Waals surface area contributed by atoms with Gasteiger partial charge >= 0.3 is 0 Å². The largest absolute Gasteiger partial charge is 0.399 e. The molecular formula is C13H18N2O2. The van der Waals surface area contributed by atoms with Crippen molar-refractivity contribution in [2.24, 2.45) is 0 Å². The van der Waals surface area contributed by atoms with Crippen LogP contribution in [0.4, 0.5) is 11.4 Å². The highest BCUT2D eigenvalue weighted by Crippen LogP contribution is 2.42. The molecule has 1 amide bonds. The number of benzene rings is 1. The minimum atomic E-state index is -0.502. The lowest BCUT2D eigenvalue weighted by molar-refractivity contribution is -0.122. The fourth-order valence-corrected chi connectivity index (χ4v) is 2.26. The molecule has 4 nitrogen and oxygen atoms in total. The summed E-state index contributed by atoms with van der Waals surface area (Å²) in [7, 11) is 1.63. The Balaban J connectivity index is 2.44. The number of carbonyl (C=O) groups is 1. The predicted octanol–water partition coefficient (Wildman–Crippen LogP) is 1.54. The zero-order chi connectivity index (χ0) is 12.6. The maximum atomic E-state index is 12.3. The molecule has 0 saturated carbocycles. The first kappa shape index (κ1) is 11.9. The normalized spacial score (nSPS) is 17.4. The van der Waals surface area contributed by atoms with E-state index < -0.39 is 5.41 Å². The molecule has 0 unspecified atom stereocenters. The standard InChI is InChI=1S/C13H18N2O2/c1-13(2)10-8-9(14)4-5-11(10)15(12(13)16)6-7-17-3/h4-5,8H,6-7,14H2,1-3H3. The number of ether oxygens (including phenoxy) is 1. The van der Waals surface area contributed by atoms with E-state index in [1.807, 2.05) is 32.0 Å². The molecule has 0 atom stereocenters. The van der Waals surface area contributed by atoms with Crippen LogP contribution in [0.3, 0.4) is 0 Å². The van der Waals surface area contributed by atoms with E-state index in [0.29, 0.717) is 18.8 Å². The highest BCUT2D eigenvalue weighted by Gasteiger charge is 2.43. The molecule has 0 aliphatic carbocycles. The molecule has 1 aromatic carbocycles. The number of nitrogen functional groups attached to an aromatic ring is 1. The van der Waals surface area contributed by atoms with Crippen LogP contribution in [0.5, 0.6) is 0 Å². The van der Waals surface area contributed by atoms with E-state index in [2.05, 4.69) is 0 Å². The number of anilines is 2. The third-order valence-electron chi connectivity index (χ3n) is 3.28. The first-order chi connectivity index (χ1) is 7.98. The van der Waals surface area contributed by atoms with Gasteiger partial charge in [-0.25, -0.2) is 0 Å². The van der Waals surface area contributed by atoms with Crippen molar-refractivity contribution >= 4 is 17.3 Å². The van der Waals surface area contributed by atoms with Gasteiger partial charge in [0.25, 0.3) is 0 Å². The molecule has 0 aromatic heterocycles. The summed E-state index contributed by atoms with van der Waals surface area (Å²) in [5.41, 5.74) is 7.93. The monoisotopic (exact) mass is 234 g/mol. The van der Waals surface area contributed by atoms with Gasteiger partial charge in [-0.3, -0.25) is 4.79 Å². The molecule has 1 aliphatic rings. The number of nitrogens with two attached hydrogens (primary N) is 1. The Morgan fingerprint density at radius 1 is 1.41 bits per heavy atom. The van der Waals surface area contributed by atoms with E-state index in [-0.39, 0.29) is 5.91 Å². The third-order valence-corrected chi connectivity index (χ3v) is 3.28. The fourth-order valence-electron chi connectivity index (χ4n) is 2.26. The number of fused-ring (bicyclic) bond motifs is 1. The van der Waals surface area contributed by atoms with Crippen LogP contribution in [-0.4, -0.2) is 26.2 Å². The first-order valence-corrected chi connectivity index (χ1v) is 5.69. The first-order valence-electron chi connectivity index (χ1n) is 5.69. The quantitative estimate of drug-likeness (QED) is 0.807. The van der Waals surface area contributed by atoms with Crippen molar-refractivity contribution in [2.75, 3.05) is 30.9 Å². The highest BCUT2D eigenvalue weighted by molar-refractivity contribution is 6.07. The molecule has 17 heavy (non-hydrogen) atoms. The lowest BCUT2D eigenvalue weighted by Crippen LogP contribution is -2.37. The van der Waals surface area contributed by atoms with Gasteiger partial charge in [0.2, 0.25) is 5.91 Å². The molecule has 92 valence electrons. The number of hydrogen-bond acceptors (Lipinski definition) is 3. The second-order valence-electron chi connectivity index (χ2n) is 4.85. The van der Waals surface area contributed by atoms with E-state index in [1.165, 1.54) is 0 Å². The van der Waals surface area contributed by atoms with Crippen LogP contribution in [0.2, 0.25) is 0 Å². The molecule has 2 N–H and O–H groups in total. The topological polar surface area (TPSA) is 55.6 Å². The molecule has 1 aromatic rings. The number of nitrogens with zero attached hydrogens (tertiary/aromatic N) is 1. The Bertz CT molecular complexity index is 455. The number of hydrogen-bond donors (Lipinski definition) is 1. The minimum absolute atomic E-state index is 0.107. The Labute approximate surface area is 101 Å². The average Bonchev–Trinajstić information content (AvgIpc) is 2.47. The van der Waals surface area contributed by atoms with Crippen molar-refractivity contribution in [3.05, 3.63) is 23.8 Å². The molecule has 2 rings (SSSR count). The molecule has 0 radical (unpaired) electrons. The SMILES string of the molecule is COCCN1C(=O)C(C)(C)c2cc(N)ccc21. The summed E-state index contributed by atoms with van der Waals surface area (Å²) >= 11 is 0. The van der Waals surface area contributed by atoms with Crippen LogP contribution in [-0.2, 0) is 14.9 Å². The van der Waals surface area contributed by atoms with Gasteiger partial charge in [-0.2, -0.15) is 0 Å². The van der Waals surface area contributed by atoms with Gasteiger partial charge in [-0.1, -0.05) is 0 Å². The summed E-state index contributed by atoms with van der Waals surface area (Å²) in [5, 5.41) is 0. The van der Waals surface area contributed by atoms with Crippen LogP contribution in [0.25, 0.3) is 0 Å². The summed E-state index contributed by atoms with van der Waals surface area (Å²) < 4.78 is 5.04. The second-order valence-corrected chi connectivity index (χ2v) is 4.85. The summed E-state index contributed by atoms with van der Waals surface area (Å²) in [5.74, 6) is 0.107. The van der Waals surface area contributed by atoms with Crippen LogP contribution >= 0.6 is 0 Å². The van der Waals surface area contributed by atoms with E-state index >= 15 is 0 Å². The molecule has 1 aliphatic heterocycles. The summed E-state index contributed by atoms with van der Waals surface area (Å²) in [6, 6.07) is 5.63. The van der Waals surface area contributed by atoms with Gasteiger partial charge in [-0.05, 0) is 37.6 Å². The van der Waals surface area contributed by atoms with Crippen molar-refractivity contribution in [3.63, 3.8) is 0 Å². The van der Waals surface area contributed by atoms with E-state index in [1.54, 1.807) is 12.0 Å².